The van der Waals surface area contributed by atoms with Crippen LogP contribution >= 0.6 is 11.8 Å². The van der Waals surface area contributed by atoms with Crippen LogP contribution in [0.2, 0.25) is 0 Å². The number of para-hydroxylation sites is 2. The van der Waals surface area contributed by atoms with Crippen LogP contribution in [-0.4, -0.2) is 22.2 Å². The fraction of sp³-hybridized carbons (Fsp3) is 0.160. The lowest BCUT2D eigenvalue weighted by molar-refractivity contribution is -0.124. The molecule has 1 fully saturated rings. The van der Waals surface area contributed by atoms with E-state index < -0.39 is 5.25 Å². The van der Waals surface area contributed by atoms with E-state index >= 15 is 0 Å². The van der Waals surface area contributed by atoms with Crippen LogP contribution in [0.3, 0.4) is 0 Å². The number of carbonyl (C=O) groups excluding carboxylic acids is 2. The lowest BCUT2D eigenvalue weighted by Gasteiger charge is -2.17. The molecule has 3 aromatic carbocycles. The molecule has 5 nitrogen and oxygen atoms in total. The normalized spacial score (nSPS) is 18.2. The van der Waals surface area contributed by atoms with Gasteiger partial charge in [0.05, 0.1) is 17.4 Å². The molecule has 2 atom stereocenters. The summed E-state index contributed by atoms with van der Waals surface area (Å²) >= 11 is 1.33. The Bertz CT molecular complexity index is 1070. The monoisotopic (exact) mass is 429 g/mol. The molecule has 0 spiro atoms. The van der Waals surface area contributed by atoms with Gasteiger partial charge < -0.3 is 5.32 Å². The molecule has 0 saturated carbocycles. The molecule has 0 radical (unpaired) electrons. The van der Waals surface area contributed by atoms with Crippen molar-refractivity contribution in [2.75, 3.05) is 4.90 Å². The summed E-state index contributed by atoms with van der Waals surface area (Å²) < 4.78 is 0. The number of nitrogens with one attached hydrogen (secondary N) is 1. The second-order valence-corrected chi connectivity index (χ2v) is 8.42. The van der Waals surface area contributed by atoms with E-state index in [0.717, 1.165) is 16.9 Å². The van der Waals surface area contributed by atoms with Crippen molar-refractivity contribution in [2.45, 2.75) is 24.6 Å². The molecular formula is C25H23N3O2S. The highest BCUT2D eigenvalue weighted by Crippen LogP contribution is 2.35. The Labute approximate surface area is 186 Å². The van der Waals surface area contributed by atoms with Gasteiger partial charge in [-0.05, 0) is 36.8 Å². The molecule has 0 aliphatic carbocycles. The Hall–Kier alpha value is -3.38. The quantitative estimate of drug-likeness (QED) is 0.594. The van der Waals surface area contributed by atoms with Gasteiger partial charge in [0.15, 0.2) is 5.17 Å². The zero-order valence-corrected chi connectivity index (χ0v) is 18.0. The number of anilines is 1. The zero-order valence-electron chi connectivity index (χ0n) is 17.1. The summed E-state index contributed by atoms with van der Waals surface area (Å²) in [6, 6.07) is 28.6. The number of amides is 2. The summed E-state index contributed by atoms with van der Waals surface area (Å²) in [5, 5.41) is 3.06. The molecule has 6 heteroatoms. The molecule has 3 aromatic rings. The van der Waals surface area contributed by atoms with E-state index in [1.807, 2.05) is 97.9 Å². The van der Waals surface area contributed by atoms with E-state index in [-0.39, 0.29) is 24.3 Å². The third-order valence-corrected chi connectivity index (χ3v) is 6.12. The maximum Gasteiger partial charge on any atom is 0.247 e. The highest BCUT2D eigenvalue weighted by atomic mass is 32.2. The summed E-state index contributed by atoms with van der Waals surface area (Å²) in [5.41, 5.74) is 2.54. The molecule has 156 valence electrons. The van der Waals surface area contributed by atoms with Crippen LogP contribution in [-0.2, 0) is 9.59 Å². The minimum atomic E-state index is -0.523. The summed E-state index contributed by atoms with van der Waals surface area (Å²) in [7, 11) is 0. The standard InChI is InChI=1S/C25H23N3O2S/c1-18(19-11-5-2-6-12-19)26-23(29)17-22-24(30)28(21-15-9-4-10-16-21)25(31-22)27-20-13-7-3-8-14-20/h2-16,18,22H,17H2,1H3,(H,26,29)/t18-,22+/m1/s1. The predicted molar refractivity (Wildman–Crippen MR) is 126 cm³/mol. The van der Waals surface area contributed by atoms with Crippen molar-refractivity contribution in [3.63, 3.8) is 0 Å². The topological polar surface area (TPSA) is 61.8 Å². The van der Waals surface area contributed by atoms with Gasteiger partial charge in [-0.2, -0.15) is 0 Å². The first-order valence-electron chi connectivity index (χ1n) is 10.2. The fourth-order valence-electron chi connectivity index (χ4n) is 3.40. The van der Waals surface area contributed by atoms with Crippen molar-refractivity contribution >= 4 is 40.1 Å². The maximum atomic E-state index is 13.2. The molecule has 1 N–H and O–H groups in total. The van der Waals surface area contributed by atoms with Gasteiger partial charge in [0.25, 0.3) is 0 Å². The van der Waals surface area contributed by atoms with Gasteiger partial charge in [-0.15, -0.1) is 0 Å². The van der Waals surface area contributed by atoms with Crippen LogP contribution in [0.5, 0.6) is 0 Å². The van der Waals surface area contributed by atoms with E-state index in [1.165, 1.54) is 11.8 Å². The van der Waals surface area contributed by atoms with Crippen LogP contribution in [0, 0.1) is 0 Å². The average molecular weight is 430 g/mol. The van der Waals surface area contributed by atoms with E-state index in [9.17, 15) is 9.59 Å². The number of benzene rings is 3. The van der Waals surface area contributed by atoms with Crippen molar-refractivity contribution < 1.29 is 9.59 Å². The van der Waals surface area contributed by atoms with Gasteiger partial charge in [-0.3, -0.25) is 14.5 Å². The van der Waals surface area contributed by atoms with Crippen LogP contribution < -0.4 is 10.2 Å². The zero-order chi connectivity index (χ0) is 21.6. The summed E-state index contributed by atoms with van der Waals surface area (Å²) in [6.07, 6.45) is 0.0951. The lowest BCUT2D eigenvalue weighted by atomic mass is 10.1. The van der Waals surface area contributed by atoms with Crippen LogP contribution in [0.4, 0.5) is 11.4 Å². The molecule has 0 aromatic heterocycles. The minimum Gasteiger partial charge on any atom is -0.350 e. The van der Waals surface area contributed by atoms with E-state index in [2.05, 4.69) is 10.3 Å². The number of rotatable bonds is 6. The number of hydrogen-bond acceptors (Lipinski definition) is 4. The lowest BCUT2D eigenvalue weighted by Crippen LogP contribution is -2.35. The number of thioether (sulfide) groups is 1. The van der Waals surface area contributed by atoms with Gasteiger partial charge in [-0.25, -0.2) is 4.99 Å². The highest BCUT2D eigenvalue weighted by Gasteiger charge is 2.40. The van der Waals surface area contributed by atoms with Crippen molar-refractivity contribution in [3.8, 4) is 0 Å². The first-order valence-corrected chi connectivity index (χ1v) is 11.0. The molecule has 1 heterocycles. The molecule has 4 rings (SSSR count). The number of amidine groups is 1. The molecule has 1 aliphatic heterocycles. The van der Waals surface area contributed by atoms with Gasteiger partial charge in [0.2, 0.25) is 11.8 Å². The Morgan fingerprint density at radius 2 is 1.55 bits per heavy atom. The first-order chi connectivity index (χ1) is 15.1. The predicted octanol–water partition coefficient (Wildman–Crippen LogP) is 5.09. The Morgan fingerprint density at radius 3 is 2.19 bits per heavy atom. The van der Waals surface area contributed by atoms with Crippen molar-refractivity contribution in [1.82, 2.24) is 5.32 Å². The average Bonchev–Trinajstić information content (AvgIpc) is 3.09. The summed E-state index contributed by atoms with van der Waals surface area (Å²) in [4.78, 5) is 32.2. The third kappa shape index (κ3) is 5.03. The molecule has 0 bridgehead atoms. The molecule has 1 aliphatic rings. The van der Waals surface area contributed by atoms with Crippen molar-refractivity contribution in [1.29, 1.82) is 0 Å². The second-order valence-electron chi connectivity index (χ2n) is 7.25. The van der Waals surface area contributed by atoms with E-state index in [4.69, 9.17) is 0 Å². The first kappa shape index (κ1) is 20.9. The van der Waals surface area contributed by atoms with Crippen molar-refractivity contribution in [2.24, 2.45) is 4.99 Å². The molecule has 1 saturated heterocycles. The SMILES string of the molecule is C[C@@H](NC(=O)C[C@@H]1SC(=Nc2ccccc2)N(c2ccccc2)C1=O)c1ccccc1. The van der Waals surface area contributed by atoms with E-state index in [1.54, 1.807) is 4.90 Å². The van der Waals surface area contributed by atoms with Crippen LogP contribution in [0.25, 0.3) is 0 Å². The van der Waals surface area contributed by atoms with Crippen LogP contribution in [0.15, 0.2) is 96.0 Å². The Balaban J connectivity index is 1.53. The Morgan fingerprint density at radius 1 is 0.968 bits per heavy atom. The number of nitrogens with zero attached hydrogens (tertiary/aromatic N) is 2. The minimum absolute atomic E-state index is 0.0951. The third-order valence-electron chi connectivity index (χ3n) is 4.98. The smallest absolute Gasteiger partial charge is 0.247 e. The highest BCUT2D eigenvalue weighted by molar-refractivity contribution is 8.16. The van der Waals surface area contributed by atoms with Gasteiger partial charge in [-0.1, -0.05) is 78.5 Å². The number of aliphatic imine (C=N–C) groups is 1. The molecule has 2 amide bonds. The van der Waals surface area contributed by atoms with Crippen LogP contribution in [0.1, 0.15) is 24.9 Å². The number of hydrogen-bond donors (Lipinski definition) is 1. The van der Waals surface area contributed by atoms with Gasteiger partial charge in [0.1, 0.15) is 5.25 Å². The van der Waals surface area contributed by atoms with Gasteiger partial charge in [0, 0.05) is 6.42 Å². The fourth-order valence-corrected chi connectivity index (χ4v) is 4.55. The second kappa shape index (κ2) is 9.62. The summed E-state index contributed by atoms with van der Waals surface area (Å²) in [6.45, 7) is 1.94. The van der Waals surface area contributed by atoms with Gasteiger partial charge >= 0.3 is 0 Å². The molecule has 0 unspecified atom stereocenters. The van der Waals surface area contributed by atoms with Crippen molar-refractivity contribution in [3.05, 3.63) is 96.6 Å². The molecule has 31 heavy (non-hydrogen) atoms. The largest absolute Gasteiger partial charge is 0.350 e. The number of carbonyl (C=O) groups is 2. The maximum absolute atomic E-state index is 13.2. The summed E-state index contributed by atoms with van der Waals surface area (Å²) in [5.74, 6) is -0.287. The Kier molecular flexibility index (Phi) is 6.48. The van der Waals surface area contributed by atoms with E-state index in [0.29, 0.717) is 5.17 Å². The molecular weight excluding hydrogens is 406 g/mol.